The van der Waals surface area contributed by atoms with Gasteiger partial charge in [-0.3, -0.25) is 5.32 Å². The second-order valence-electron chi connectivity index (χ2n) is 3.98. The minimum absolute atomic E-state index is 0.128. The van der Waals surface area contributed by atoms with Gasteiger partial charge in [-0.25, -0.2) is 9.78 Å². The number of aryl methyl sites for hydroxylation is 2. The van der Waals surface area contributed by atoms with Crippen LogP contribution in [0.3, 0.4) is 0 Å². The predicted molar refractivity (Wildman–Crippen MR) is 74.0 cm³/mol. The Bertz CT molecular complexity index is 585. The van der Waals surface area contributed by atoms with Gasteiger partial charge in [0, 0.05) is 28.8 Å². The van der Waals surface area contributed by atoms with Crippen LogP contribution in [-0.4, -0.2) is 21.2 Å². The van der Waals surface area contributed by atoms with Crippen LogP contribution in [0.5, 0.6) is 11.5 Å². The third kappa shape index (κ3) is 3.35. The predicted octanol–water partition coefficient (Wildman–Crippen LogP) is 2.82. The highest BCUT2D eigenvalue weighted by Gasteiger charge is 2.08. The highest BCUT2D eigenvalue weighted by Crippen LogP contribution is 2.25. The molecule has 0 spiro atoms. The third-order valence-corrected chi connectivity index (χ3v) is 3.40. The summed E-state index contributed by atoms with van der Waals surface area (Å²) in [5, 5.41) is 24.2. The molecule has 0 aliphatic carbocycles. The number of rotatable bonds is 2. The third-order valence-electron chi connectivity index (χ3n) is 2.41. The molecular formula is C12H13N3O3S. The Morgan fingerprint density at radius 1 is 1.16 bits per heavy atom. The summed E-state index contributed by atoms with van der Waals surface area (Å²) in [5.41, 5.74) is 1.16. The van der Waals surface area contributed by atoms with E-state index in [9.17, 15) is 15.0 Å². The van der Waals surface area contributed by atoms with Crippen molar-refractivity contribution >= 4 is 28.2 Å². The molecule has 0 aliphatic heterocycles. The number of hydrogen-bond acceptors (Lipinski definition) is 5. The van der Waals surface area contributed by atoms with E-state index in [1.165, 1.54) is 29.5 Å². The summed E-state index contributed by atoms with van der Waals surface area (Å²) in [4.78, 5) is 16.9. The zero-order valence-electron chi connectivity index (χ0n) is 10.4. The van der Waals surface area contributed by atoms with Crippen molar-refractivity contribution in [1.29, 1.82) is 0 Å². The maximum Gasteiger partial charge on any atom is 0.325 e. The first-order chi connectivity index (χ1) is 8.94. The van der Waals surface area contributed by atoms with Gasteiger partial charge in [0.25, 0.3) is 0 Å². The molecule has 2 aromatic rings. The average molecular weight is 279 g/mol. The molecule has 0 saturated heterocycles. The SMILES string of the molecule is Cc1nc(NC(=O)Nc2cc(O)cc(O)c2)sc1C. The van der Waals surface area contributed by atoms with Crippen LogP contribution in [0.2, 0.25) is 0 Å². The highest BCUT2D eigenvalue weighted by molar-refractivity contribution is 7.15. The summed E-state index contributed by atoms with van der Waals surface area (Å²) in [7, 11) is 0. The van der Waals surface area contributed by atoms with E-state index in [1.54, 1.807) is 0 Å². The summed E-state index contributed by atoms with van der Waals surface area (Å²) >= 11 is 1.38. The van der Waals surface area contributed by atoms with Gasteiger partial charge in [0.15, 0.2) is 5.13 Å². The molecule has 0 atom stereocenters. The van der Waals surface area contributed by atoms with Gasteiger partial charge in [-0.2, -0.15) is 0 Å². The number of thiazole rings is 1. The number of benzene rings is 1. The molecule has 6 nitrogen and oxygen atoms in total. The van der Waals surface area contributed by atoms with Crippen LogP contribution in [0.4, 0.5) is 15.6 Å². The Labute approximate surface area is 113 Å². The van der Waals surface area contributed by atoms with Gasteiger partial charge in [-0.05, 0) is 13.8 Å². The smallest absolute Gasteiger partial charge is 0.325 e. The summed E-state index contributed by atoms with van der Waals surface area (Å²) in [6.45, 7) is 3.78. The van der Waals surface area contributed by atoms with E-state index in [0.29, 0.717) is 10.8 Å². The number of aromatic nitrogens is 1. The fourth-order valence-electron chi connectivity index (χ4n) is 1.45. The highest BCUT2D eigenvalue weighted by atomic mass is 32.1. The molecule has 0 fully saturated rings. The largest absolute Gasteiger partial charge is 0.508 e. The minimum Gasteiger partial charge on any atom is -0.508 e. The summed E-state index contributed by atoms with van der Waals surface area (Å²) in [6.07, 6.45) is 0. The van der Waals surface area contributed by atoms with Gasteiger partial charge in [-0.1, -0.05) is 0 Å². The molecule has 19 heavy (non-hydrogen) atoms. The molecule has 4 N–H and O–H groups in total. The number of carbonyl (C=O) groups is 1. The molecule has 0 bridgehead atoms. The number of amides is 2. The van der Waals surface area contributed by atoms with E-state index < -0.39 is 6.03 Å². The molecule has 0 aliphatic rings. The number of urea groups is 1. The van der Waals surface area contributed by atoms with Gasteiger partial charge in [0.2, 0.25) is 0 Å². The maximum absolute atomic E-state index is 11.7. The number of hydrogen-bond donors (Lipinski definition) is 4. The molecular weight excluding hydrogens is 266 g/mol. The van der Waals surface area contributed by atoms with E-state index in [0.717, 1.165) is 10.6 Å². The second-order valence-corrected chi connectivity index (χ2v) is 5.18. The van der Waals surface area contributed by atoms with Gasteiger partial charge in [0.1, 0.15) is 11.5 Å². The number of phenolic OH excluding ortho intramolecular Hbond substituents is 2. The fourth-order valence-corrected chi connectivity index (χ4v) is 2.26. The number of carbonyl (C=O) groups excluding carboxylic acids is 1. The summed E-state index contributed by atoms with van der Waals surface area (Å²) in [6, 6.07) is 3.35. The van der Waals surface area contributed by atoms with Crippen molar-refractivity contribution in [2.75, 3.05) is 10.6 Å². The first kappa shape index (κ1) is 13.2. The number of phenols is 2. The lowest BCUT2D eigenvalue weighted by Gasteiger charge is -2.06. The first-order valence-electron chi connectivity index (χ1n) is 5.49. The molecule has 2 rings (SSSR count). The quantitative estimate of drug-likeness (QED) is 0.680. The van der Waals surface area contributed by atoms with Crippen molar-refractivity contribution in [3.63, 3.8) is 0 Å². The molecule has 2 amide bonds. The molecule has 1 aromatic carbocycles. The monoisotopic (exact) mass is 279 g/mol. The molecule has 100 valence electrons. The Morgan fingerprint density at radius 3 is 2.32 bits per heavy atom. The Morgan fingerprint density at radius 2 is 1.79 bits per heavy atom. The number of anilines is 2. The topological polar surface area (TPSA) is 94.5 Å². The molecule has 0 unspecified atom stereocenters. The van der Waals surface area contributed by atoms with E-state index in [2.05, 4.69) is 15.6 Å². The molecule has 7 heteroatoms. The van der Waals surface area contributed by atoms with Gasteiger partial charge in [-0.15, -0.1) is 11.3 Å². The van der Waals surface area contributed by atoms with Crippen LogP contribution in [0.1, 0.15) is 10.6 Å². The normalized spacial score (nSPS) is 10.2. The lowest BCUT2D eigenvalue weighted by atomic mass is 10.3. The zero-order chi connectivity index (χ0) is 14.0. The molecule has 0 radical (unpaired) electrons. The van der Waals surface area contributed by atoms with Crippen molar-refractivity contribution in [3.05, 3.63) is 28.8 Å². The second kappa shape index (κ2) is 5.15. The van der Waals surface area contributed by atoms with Crippen molar-refractivity contribution in [1.82, 2.24) is 4.98 Å². The van der Waals surface area contributed by atoms with Gasteiger partial charge in [0.05, 0.1) is 5.69 Å². The zero-order valence-corrected chi connectivity index (χ0v) is 11.2. The van der Waals surface area contributed by atoms with Crippen molar-refractivity contribution in [2.24, 2.45) is 0 Å². The van der Waals surface area contributed by atoms with Crippen molar-refractivity contribution in [2.45, 2.75) is 13.8 Å². The fraction of sp³-hybridized carbons (Fsp3) is 0.167. The van der Waals surface area contributed by atoms with Gasteiger partial charge < -0.3 is 15.5 Å². The average Bonchev–Trinajstić information content (AvgIpc) is 2.55. The van der Waals surface area contributed by atoms with E-state index in [4.69, 9.17) is 0 Å². The van der Waals surface area contributed by atoms with Crippen LogP contribution < -0.4 is 10.6 Å². The van der Waals surface area contributed by atoms with Crippen LogP contribution in [0.25, 0.3) is 0 Å². The minimum atomic E-state index is -0.487. The Hall–Kier alpha value is -2.28. The number of nitrogens with one attached hydrogen (secondary N) is 2. The van der Waals surface area contributed by atoms with E-state index in [-0.39, 0.29) is 11.5 Å². The van der Waals surface area contributed by atoms with E-state index >= 15 is 0 Å². The Kier molecular flexibility index (Phi) is 3.57. The van der Waals surface area contributed by atoms with Crippen LogP contribution in [0, 0.1) is 13.8 Å². The molecule has 1 heterocycles. The van der Waals surface area contributed by atoms with Crippen LogP contribution in [0.15, 0.2) is 18.2 Å². The standard InChI is InChI=1S/C12H13N3O3S/c1-6-7(2)19-12(13-6)15-11(18)14-8-3-9(16)5-10(17)4-8/h3-5,16-17H,1-2H3,(H2,13,14,15,18). The molecule has 1 aromatic heterocycles. The summed E-state index contributed by atoms with van der Waals surface area (Å²) in [5.74, 6) is -0.257. The first-order valence-corrected chi connectivity index (χ1v) is 6.31. The number of aromatic hydroxyl groups is 2. The lowest BCUT2D eigenvalue weighted by molar-refractivity contribution is 0.262. The van der Waals surface area contributed by atoms with Crippen LogP contribution in [-0.2, 0) is 0 Å². The molecule has 0 saturated carbocycles. The number of nitrogens with zero attached hydrogens (tertiary/aromatic N) is 1. The summed E-state index contributed by atoms with van der Waals surface area (Å²) < 4.78 is 0. The van der Waals surface area contributed by atoms with E-state index in [1.807, 2.05) is 13.8 Å². The van der Waals surface area contributed by atoms with Crippen molar-refractivity contribution in [3.8, 4) is 11.5 Å². The maximum atomic E-state index is 11.7. The van der Waals surface area contributed by atoms with Crippen molar-refractivity contribution < 1.29 is 15.0 Å². The Balaban J connectivity index is 2.05. The lowest BCUT2D eigenvalue weighted by Crippen LogP contribution is -2.19. The van der Waals surface area contributed by atoms with Gasteiger partial charge >= 0.3 is 6.03 Å². The van der Waals surface area contributed by atoms with Crippen LogP contribution >= 0.6 is 11.3 Å².